The number of nitrogens with one attached hydrogen (secondary N) is 1. The van der Waals surface area contributed by atoms with E-state index in [9.17, 15) is 0 Å². The maximum Gasteiger partial charge on any atom is 0.185 e. The van der Waals surface area contributed by atoms with Crippen LogP contribution >= 0.6 is 0 Å². The van der Waals surface area contributed by atoms with Gasteiger partial charge in [-0.05, 0) is 33.6 Å². The number of hydrogen-bond acceptors (Lipinski definition) is 3. The molecule has 0 bridgehead atoms. The molecule has 5 nitrogen and oxygen atoms in total. The summed E-state index contributed by atoms with van der Waals surface area (Å²) in [7, 11) is 2.01. The third-order valence-corrected chi connectivity index (χ3v) is 3.59. The van der Waals surface area contributed by atoms with Crippen LogP contribution in [0.15, 0.2) is 41.7 Å². The van der Waals surface area contributed by atoms with Gasteiger partial charge in [0.2, 0.25) is 0 Å². The van der Waals surface area contributed by atoms with Crippen molar-refractivity contribution in [3.05, 3.63) is 36.7 Å². The predicted octanol–water partition coefficient (Wildman–Crippen LogP) is 1.94. The maximum absolute atomic E-state index is 5.32. The first-order valence-corrected chi connectivity index (χ1v) is 7.21. The van der Waals surface area contributed by atoms with Crippen LogP contribution in [0.25, 0.3) is 0 Å². The molecule has 0 radical (unpaired) electrons. The number of nitrogens with two attached hydrogens (primary N) is 2. The molecule has 1 unspecified atom stereocenters. The first-order chi connectivity index (χ1) is 9.66. The van der Waals surface area contributed by atoms with E-state index >= 15 is 0 Å². The first kappa shape index (κ1) is 19.1. The van der Waals surface area contributed by atoms with E-state index in [-0.39, 0.29) is 18.0 Å². The van der Waals surface area contributed by atoms with Gasteiger partial charge in [0, 0.05) is 31.0 Å². The van der Waals surface area contributed by atoms with Gasteiger partial charge in [-0.1, -0.05) is 25.3 Å². The largest absolute Gasteiger partial charge is 0.381 e. The summed E-state index contributed by atoms with van der Waals surface area (Å²) < 4.78 is 0. The topological polar surface area (TPSA) is 79.7 Å². The highest BCUT2D eigenvalue weighted by Crippen LogP contribution is 2.14. The zero-order valence-corrected chi connectivity index (χ0v) is 13.9. The van der Waals surface area contributed by atoms with Crippen molar-refractivity contribution >= 4 is 5.96 Å². The van der Waals surface area contributed by atoms with Crippen molar-refractivity contribution in [2.24, 2.45) is 16.5 Å². The third kappa shape index (κ3) is 7.44. The number of rotatable bonds is 10. The van der Waals surface area contributed by atoms with Crippen molar-refractivity contribution in [1.82, 2.24) is 10.2 Å². The van der Waals surface area contributed by atoms with E-state index in [1.807, 2.05) is 20.9 Å². The molecule has 0 rings (SSSR count). The monoisotopic (exact) mass is 293 g/mol. The lowest BCUT2D eigenvalue weighted by Crippen LogP contribution is -2.39. The molecule has 0 fully saturated rings. The second-order valence-electron chi connectivity index (χ2n) is 5.54. The fourth-order valence-electron chi connectivity index (χ4n) is 1.85. The summed E-state index contributed by atoms with van der Waals surface area (Å²) in [4.78, 5) is 6.08. The van der Waals surface area contributed by atoms with Gasteiger partial charge in [0.15, 0.2) is 5.96 Å². The lowest BCUT2D eigenvalue weighted by molar-refractivity contribution is 0.343. The summed E-state index contributed by atoms with van der Waals surface area (Å²) >= 11 is 0. The van der Waals surface area contributed by atoms with Crippen LogP contribution < -0.4 is 16.8 Å². The highest BCUT2D eigenvalue weighted by Gasteiger charge is 2.16. The average Bonchev–Trinajstić information content (AvgIpc) is 2.39. The molecule has 0 aliphatic heterocycles. The minimum atomic E-state index is 0.135. The van der Waals surface area contributed by atoms with Crippen LogP contribution in [0.4, 0.5) is 0 Å². The zero-order chi connectivity index (χ0) is 16.6. The second-order valence-corrected chi connectivity index (χ2v) is 5.54. The van der Waals surface area contributed by atoms with E-state index < -0.39 is 0 Å². The molecule has 5 heteroatoms. The Balaban J connectivity index is 4.50. The van der Waals surface area contributed by atoms with E-state index in [0.29, 0.717) is 6.54 Å². The molecule has 0 amide bonds. The Kier molecular flexibility index (Phi) is 8.28. The lowest BCUT2D eigenvalue weighted by atomic mass is 10.0. The van der Waals surface area contributed by atoms with Crippen molar-refractivity contribution < 1.29 is 0 Å². The Morgan fingerprint density at radius 2 is 1.81 bits per heavy atom. The van der Waals surface area contributed by atoms with E-state index in [2.05, 4.69) is 41.9 Å². The van der Waals surface area contributed by atoms with E-state index in [1.165, 1.54) is 0 Å². The number of allylic oxidation sites excluding steroid dienone is 1. The van der Waals surface area contributed by atoms with Gasteiger partial charge in [0.1, 0.15) is 0 Å². The number of guanidine groups is 1. The van der Waals surface area contributed by atoms with Gasteiger partial charge < -0.3 is 21.7 Å². The quantitative estimate of drug-likeness (QED) is 0.249. The standard InChI is InChI=1S/C16H31N5/c1-11(2)15(9-8-10-19-16(17)18)20-13(5)14(6)21(7)12(3)4/h14-15,20H,1,3,5,8-10H2,2,4,6-7H3,(H4,17,18,19)/t14?,15-/m0/s1. The van der Waals surface area contributed by atoms with Crippen molar-refractivity contribution in [3.63, 3.8) is 0 Å². The van der Waals surface area contributed by atoms with Gasteiger partial charge in [-0.25, -0.2) is 0 Å². The van der Waals surface area contributed by atoms with Crippen LogP contribution in [0.3, 0.4) is 0 Å². The summed E-state index contributed by atoms with van der Waals surface area (Å²) in [6.07, 6.45) is 1.80. The molecule has 21 heavy (non-hydrogen) atoms. The van der Waals surface area contributed by atoms with Gasteiger partial charge in [0.05, 0.1) is 6.04 Å². The molecule has 2 atom stereocenters. The smallest absolute Gasteiger partial charge is 0.185 e. The number of likely N-dealkylation sites (N-methyl/N-ethyl adjacent to an activating group) is 1. The van der Waals surface area contributed by atoms with Crippen LogP contribution in [0, 0.1) is 0 Å². The molecule has 0 heterocycles. The first-order valence-electron chi connectivity index (χ1n) is 7.21. The average molecular weight is 293 g/mol. The van der Waals surface area contributed by atoms with Crippen molar-refractivity contribution in [2.75, 3.05) is 13.6 Å². The van der Waals surface area contributed by atoms with Gasteiger partial charge in [-0.3, -0.25) is 4.99 Å². The molecule has 0 aliphatic carbocycles. The third-order valence-electron chi connectivity index (χ3n) is 3.59. The van der Waals surface area contributed by atoms with E-state index in [4.69, 9.17) is 11.5 Å². The molecular formula is C16H31N5. The van der Waals surface area contributed by atoms with Crippen molar-refractivity contribution in [2.45, 2.75) is 45.7 Å². The molecule has 0 aromatic heterocycles. The Morgan fingerprint density at radius 1 is 1.24 bits per heavy atom. The van der Waals surface area contributed by atoms with Crippen LogP contribution in [0.5, 0.6) is 0 Å². The molecule has 0 saturated carbocycles. The Morgan fingerprint density at radius 3 is 2.24 bits per heavy atom. The summed E-state index contributed by atoms with van der Waals surface area (Å²) in [5.74, 6) is 0.135. The normalized spacial score (nSPS) is 13.0. The molecular weight excluding hydrogens is 262 g/mol. The van der Waals surface area contributed by atoms with Gasteiger partial charge in [-0.2, -0.15) is 0 Å². The SMILES string of the molecule is C=C(N[C@@H](CCCN=C(N)N)C(=C)C)C(C)N(C)C(=C)C. The second kappa shape index (κ2) is 9.10. The Hall–Kier alpha value is -1.91. The maximum atomic E-state index is 5.32. The number of aliphatic imine (C=N–C) groups is 1. The van der Waals surface area contributed by atoms with E-state index in [1.54, 1.807) is 0 Å². The zero-order valence-electron chi connectivity index (χ0n) is 13.9. The molecule has 120 valence electrons. The fourth-order valence-corrected chi connectivity index (χ4v) is 1.85. The molecule has 5 N–H and O–H groups in total. The Labute approximate surface area is 129 Å². The number of nitrogens with zero attached hydrogens (tertiary/aromatic N) is 2. The summed E-state index contributed by atoms with van der Waals surface area (Å²) in [5.41, 5.74) is 13.7. The fraction of sp³-hybridized carbons (Fsp3) is 0.562. The molecule has 0 spiro atoms. The van der Waals surface area contributed by atoms with Crippen LogP contribution in [-0.2, 0) is 0 Å². The van der Waals surface area contributed by atoms with Crippen LogP contribution in [-0.4, -0.2) is 36.5 Å². The van der Waals surface area contributed by atoms with Gasteiger partial charge in [-0.15, -0.1) is 0 Å². The van der Waals surface area contributed by atoms with Gasteiger partial charge in [0.25, 0.3) is 0 Å². The predicted molar refractivity (Wildman–Crippen MR) is 92.8 cm³/mol. The van der Waals surface area contributed by atoms with Crippen molar-refractivity contribution in [3.8, 4) is 0 Å². The van der Waals surface area contributed by atoms with Crippen LogP contribution in [0.1, 0.15) is 33.6 Å². The number of hydrogen-bond donors (Lipinski definition) is 3. The molecule has 0 aliphatic rings. The minimum Gasteiger partial charge on any atom is -0.381 e. The highest BCUT2D eigenvalue weighted by atomic mass is 15.2. The summed E-state index contributed by atoms with van der Waals surface area (Å²) in [5, 5.41) is 3.45. The lowest BCUT2D eigenvalue weighted by Gasteiger charge is -2.32. The molecule has 0 saturated heterocycles. The summed E-state index contributed by atoms with van der Waals surface area (Å²) in [6.45, 7) is 18.8. The van der Waals surface area contributed by atoms with Crippen molar-refractivity contribution in [1.29, 1.82) is 0 Å². The highest BCUT2D eigenvalue weighted by molar-refractivity contribution is 5.75. The Bertz CT molecular complexity index is 407. The molecule has 0 aromatic carbocycles. The minimum absolute atomic E-state index is 0.135. The molecule has 0 aromatic rings. The van der Waals surface area contributed by atoms with E-state index in [0.717, 1.165) is 29.8 Å². The van der Waals surface area contributed by atoms with Crippen LogP contribution in [0.2, 0.25) is 0 Å². The van der Waals surface area contributed by atoms with Gasteiger partial charge >= 0.3 is 0 Å². The summed E-state index contributed by atoms with van der Waals surface area (Å²) in [6, 6.07) is 0.342.